The molecule has 2 N–H and O–H groups in total. The summed E-state index contributed by atoms with van der Waals surface area (Å²) in [5.74, 6) is 0. The highest BCUT2D eigenvalue weighted by Crippen LogP contribution is 2.16. The molecular formula is C10H14O4S. The van der Waals surface area contributed by atoms with Crippen LogP contribution in [0.3, 0.4) is 0 Å². The van der Waals surface area contributed by atoms with Gasteiger partial charge in [0, 0.05) is 0 Å². The number of aryl methyl sites for hydroxylation is 1. The van der Waals surface area contributed by atoms with Gasteiger partial charge in [0.1, 0.15) is 0 Å². The summed E-state index contributed by atoms with van der Waals surface area (Å²) in [5.41, 5.74) is 1.61. The molecule has 0 amide bonds. The number of rotatable bonds is 3. The van der Waals surface area contributed by atoms with E-state index in [1.54, 1.807) is 13.0 Å². The molecule has 0 saturated carbocycles. The summed E-state index contributed by atoms with van der Waals surface area (Å²) in [5, 5.41) is 9.21. The third-order valence-electron chi connectivity index (χ3n) is 2.13. The summed E-state index contributed by atoms with van der Waals surface area (Å²) in [6.07, 6.45) is -0.171. The second-order valence-corrected chi connectivity index (χ2v) is 5.04. The van der Waals surface area contributed by atoms with Crippen molar-refractivity contribution in [1.29, 1.82) is 0 Å². The molecule has 0 aliphatic heterocycles. The van der Waals surface area contributed by atoms with Crippen molar-refractivity contribution in [3.05, 3.63) is 29.3 Å². The molecule has 0 spiro atoms. The van der Waals surface area contributed by atoms with E-state index in [-0.39, 0.29) is 4.90 Å². The molecule has 0 aliphatic carbocycles. The molecule has 15 heavy (non-hydrogen) atoms. The van der Waals surface area contributed by atoms with Crippen molar-refractivity contribution in [1.82, 2.24) is 0 Å². The average molecular weight is 230 g/mol. The SMILES string of the molecule is Cc1ccc(S(=O)(=O)O)cc1CC(C)O. The lowest BCUT2D eigenvalue weighted by Gasteiger charge is -2.09. The Balaban J connectivity index is 3.17. The van der Waals surface area contributed by atoms with Gasteiger partial charge in [0.25, 0.3) is 10.1 Å². The summed E-state index contributed by atoms with van der Waals surface area (Å²) in [7, 11) is -4.16. The summed E-state index contributed by atoms with van der Waals surface area (Å²) in [4.78, 5) is -0.135. The zero-order valence-corrected chi connectivity index (χ0v) is 9.45. The van der Waals surface area contributed by atoms with E-state index < -0.39 is 16.2 Å². The highest BCUT2D eigenvalue weighted by Gasteiger charge is 2.12. The summed E-state index contributed by atoms with van der Waals surface area (Å²) in [6, 6.07) is 4.34. The van der Waals surface area contributed by atoms with Crippen LogP contribution in [-0.4, -0.2) is 24.2 Å². The highest BCUT2D eigenvalue weighted by molar-refractivity contribution is 7.85. The average Bonchev–Trinajstić information content (AvgIpc) is 2.06. The van der Waals surface area contributed by atoms with Crippen LogP contribution >= 0.6 is 0 Å². The van der Waals surface area contributed by atoms with E-state index in [1.807, 2.05) is 6.92 Å². The summed E-state index contributed by atoms with van der Waals surface area (Å²) >= 11 is 0. The normalized spacial score (nSPS) is 13.9. The monoisotopic (exact) mass is 230 g/mol. The molecule has 1 unspecified atom stereocenters. The lowest BCUT2D eigenvalue weighted by Crippen LogP contribution is -2.07. The minimum Gasteiger partial charge on any atom is -0.393 e. The Morgan fingerprint density at radius 1 is 1.40 bits per heavy atom. The van der Waals surface area contributed by atoms with Gasteiger partial charge in [-0.1, -0.05) is 6.07 Å². The van der Waals surface area contributed by atoms with Gasteiger partial charge in [0.15, 0.2) is 0 Å². The van der Waals surface area contributed by atoms with Gasteiger partial charge < -0.3 is 5.11 Å². The maximum atomic E-state index is 10.9. The first-order valence-electron chi connectivity index (χ1n) is 4.56. The van der Waals surface area contributed by atoms with Crippen molar-refractivity contribution in [2.24, 2.45) is 0 Å². The molecule has 0 heterocycles. The van der Waals surface area contributed by atoms with Crippen LogP contribution in [0.2, 0.25) is 0 Å². The molecule has 0 aromatic heterocycles. The molecule has 5 heteroatoms. The Bertz CT molecular complexity index is 448. The molecule has 4 nitrogen and oxygen atoms in total. The molecule has 1 aromatic carbocycles. The van der Waals surface area contributed by atoms with Crippen molar-refractivity contribution in [3.63, 3.8) is 0 Å². The molecule has 0 radical (unpaired) electrons. The first-order valence-corrected chi connectivity index (χ1v) is 6.00. The molecule has 0 saturated heterocycles. The number of benzene rings is 1. The minimum absolute atomic E-state index is 0.135. The first-order chi connectivity index (χ1) is 6.80. The summed E-state index contributed by atoms with van der Waals surface area (Å²) < 4.78 is 30.6. The van der Waals surface area contributed by atoms with Crippen LogP contribution in [0.1, 0.15) is 18.1 Å². The van der Waals surface area contributed by atoms with Gasteiger partial charge in [0.2, 0.25) is 0 Å². The zero-order chi connectivity index (χ0) is 11.6. The fourth-order valence-corrected chi connectivity index (χ4v) is 1.88. The Labute approximate surface area is 89.3 Å². The van der Waals surface area contributed by atoms with Crippen LogP contribution in [0.5, 0.6) is 0 Å². The van der Waals surface area contributed by atoms with Crippen molar-refractivity contribution in [3.8, 4) is 0 Å². The van der Waals surface area contributed by atoms with Crippen molar-refractivity contribution in [2.45, 2.75) is 31.3 Å². The van der Waals surface area contributed by atoms with Crippen LogP contribution in [0.25, 0.3) is 0 Å². The molecule has 0 bridgehead atoms. The third kappa shape index (κ3) is 3.30. The maximum absolute atomic E-state index is 10.9. The Hall–Kier alpha value is -0.910. The van der Waals surface area contributed by atoms with E-state index in [1.165, 1.54) is 12.1 Å². The smallest absolute Gasteiger partial charge is 0.294 e. The van der Waals surface area contributed by atoms with Gasteiger partial charge in [-0.25, -0.2) is 0 Å². The van der Waals surface area contributed by atoms with Gasteiger partial charge in [0.05, 0.1) is 11.0 Å². The molecule has 1 aromatic rings. The third-order valence-corrected chi connectivity index (χ3v) is 2.98. The molecule has 0 aliphatic rings. The maximum Gasteiger partial charge on any atom is 0.294 e. The number of aliphatic hydroxyl groups excluding tert-OH is 1. The molecule has 0 fully saturated rings. The number of aliphatic hydroxyl groups is 1. The molecule has 1 rings (SSSR count). The van der Waals surface area contributed by atoms with Crippen LogP contribution in [0, 0.1) is 6.92 Å². The zero-order valence-electron chi connectivity index (χ0n) is 8.64. The predicted octanol–water partition coefficient (Wildman–Crippen LogP) is 1.17. The fraction of sp³-hybridized carbons (Fsp3) is 0.400. The Morgan fingerprint density at radius 3 is 2.47 bits per heavy atom. The van der Waals surface area contributed by atoms with Crippen LogP contribution in [0.15, 0.2) is 23.1 Å². The quantitative estimate of drug-likeness (QED) is 0.764. The van der Waals surface area contributed by atoms with Crippen LogP contribution in [0.4, 0.5) is 0 Å². The van der Waals surface area contributed by atoms with E-state index >= 15 is 0 Å². The van der Waals surface area contributed by atoms with E-state index in [0.717, 1.165) is 11.1 Å². The Morgan fingerprint density at radius 2 is 2.00 bits per heavy atom. The predicted molar refractivity (Wildman–Crippen MR) is 56.4 cm³/mol. The Kier molecular flexibility index (Phi) is 3.49. The summed E-state index contributed by atoms with van der Waals surface area (Å²) in [6.45, 7) is 3.45. The molecule has 84 valence electrons. The standard InChI is InChI=1S/C10H14O4S/c1-7-3-4-10(15(12,13)14)6-9(7)5-8(2)11/h3-4,6,8,11H,5H2,1-2H3,(H,12,13,14). The topological polar surface area (TPSA) is 74.6 Å². The largest absolute Gasteiger partial charge is 0.393 e. The fourth-order valence-electron chi connectivity index (χ4n) is 1.35. The second-order valence-electron chi connectivity index (χ2n) is 3.62. The highest BCUT2D eigenvalue weighted by atomic mass is 32.2. The minimum atomic E-state index is -4.16. The first kappa shape index (κ1) is 12.2. The van der Waals surface area contributed by atoms with E-state index in [2.05, 4.69) is 0 Å². The lowest BCUT2D eigenvalue weighted by atomic mass is 10.0. The van der Waals surface area contributed by atoms with Gasteiger partial charge in [-0.3, -0.25) is 4.55 Å². The molecule has 1 atom stereocenters. The van der Waals surface area contributed by atoms with Gasteiger partial charge in [-0.05, 0) is 43.5 Å². The van der Waals surface area contributed by atoms with Crippen molar-refractivity contribution < 1.29 is 18.1 Å². The van der Waals surface area contributed by atoms with E-state index in [9.17, 15) is 13.5 Å². The van der Waals surface area contributed by atoms with Crippen molar-refractivity contribution >= 4 is 10.1 Å². The van der Waals surface area contributed by atoms with Crippen molar-refractivity contribution in [2.75, 3.05) is 0 Å². The lowest BCUT2D eigenvalue weighted by molar-refractivity contribution is 0.195. The van der Waals surface area contributed by atoms with E-state index in [0.29, 0.717) is 6.42 Å². The van der Waals surface area contributed by atoms with Gasteiger partial charge in [-0.2, -0.15) is 8.42 Å². The van der Waals surface area contributed by atoms with Gasteiger partial charge >= 0.3 is 0 Å². The second kappa shape index (κ2) is 4.30. The number of hydrogen-bond acceptors (Lipinski definition) is 3. The molecular weight excluding hydrogens is 216 g/mol. The van der Waals surface area contributed by atoms with Crippen LogP contribution < -0.4 is 0 Å². The van der Waals surface area contributed by atoms with E-state index in [4.69, 9.17) is 4.55 Å². The number of hydrogen-bond donors (Lipinski definition) is 2. The van der Waals surface area contributed by atoms with Crippen LogP contribution in [-0.2, 0) is 16.5 Å². The van der Waals surface area contributed by atoms with Gasteiger partial charge in [-0.15, -0.1) is 0 Å².